The van der Waals surface area contributed by atoms with Crippen LogP contribution in [0.1, 0.15) is 0 Å². The van der Waals surface area contributed by atoms with Crippen molar-refractivity contribution in [2.75, 3.05) is 31.1 Å². The lowest BCUT2D eigenvalue weighted by atomic mass is 10.1. The minimum Gasteiger partial charge on any atom is -0.459 e. The molecule has 0 radical (unpaired) electrons. The number of hydrogen-bond acceptors (Lipinski definition) is 6. The van der Waals surface area contributed by atoms with Gasteiger partial charge in [0.25, 0.3) is 0 Å². The largest absolute Gasteiger partial charge is 0.511 e. The fourth-order valence-electron chi connectivity index (χ4n) is 3.16. The molecule has 0 unspecified atom stereocenters. The van der Waals surface area contributed by atoms with Crippen LogP contribution in [-0.4, -0.2) is 42.0 Å². The van der Waals surface area contributed by atoms with E-state index in [-0.39, 0.29) is 11.1 Å². The highest BCUT2D eigenvalue weighted by Crippen LogP contribution is 2.40. The zero-order valence-corrected chi connectivity index (χ0v) is 13.0. The van der Waals surface area contributed by atoms with Crippen LogP contribution in [0.25, 0.3) is 17.1 Å². The Morgan fingerprint density at radius 3 is 2.84 bits per heavy atom. The van der Waals surface area contributed by atoms with Gasteiger partial charge in [0, 0.05) is 32.4 Å². The maximum atomic E-state index is 14.8. The van der Waals surface area contributed by atoms with Crippen LogP contribution in [0.4, 0.5) is 14.9 Å². The monoisotopic (exact) mass is 347 g/mol. The first-order valence-corrected chi connectivity index (χ1v) is 7.67. The highest BCUT2D eigenvalue weighted by molar-refractivity contribution is 5.94. The molecule has 3 heterocycles. The Morgan fingerprint density at radius 2 is 2.12 bits per heavy atom. The molecule has 2 aliphatic heterocycles. The Morgan fingerprint density at radius 1 is 1.36 bits per heavy atom. The van der Waals surface area contributed by atoms with E-state index >= 15 is 0 Å². The van der Waals surface area contributed by atoms with Gasteiger partial charge in [-0.15, -0.1) is 0 Å². The third-order valence-corrected chi connectivity index (χ3v) is 4.20. The van der Waals surface area contributed by atoms with Crippen LogP contribution in [-0.2, 0) is 0 Å². The van der Waals surface area contributed by atoms with Crippen LogP contribution < -0.4 is 25.1 Å². The Bertz CT molecular complexity index is 963. The second-order valence-electron chi connectivity index (χ2n) is 5.67. The van der Waals surface area contributed by atoms with E-state index in [2.05, 4.69) is 10.1 Å². The van der Waals surface area contributed by atoms with E-state index in [1.807, 2.05) is 4.90 Å². The zero-order valence-electron chi connectivity index (χ0n) is 13.0. The molecule has 2 N–H and O–H groups in total. The van der Waals surface area contributed by atoms with Gasteiger partial charge >= 0.3 is 6.16 Å². The summed E-state index contributed by atoms with van der Waals surface area (Å²) in [5.74, 6) is -0.763. The van der Waals surface area contributed by atoms with E-state index in [9.17, 15) is 14.0 Å². The first kappa shape index (κ1) is 15.5. The van der Waals surface area contributed by atoms with E-state index < -0.39 is 23.2 Å². The van der Waals surface area contributed by atoms with Gasteiger partial charge in [0.2, 0.25) is 5.43 Å². The summed E-state index contributed by atoms with van der Waals surface area (Å²) in [5.41, 5.74) is -0.0434. The summed E-state index contributed by atoms with van der Waals surface area (Å²) in [6, 6.07) is 1.10. The van der Waals surface area contributed by atoms with Crippen molar-refractivity contribution in [1.29, 1.82) is 0 Å². The van der Waals surface area contributed by atoms with E-state index in [4.69, 9.17) is 9.84 Å². The molecule has 2 aromatic rings. The Kier molecular flexibility index (Phi) is 3.57. The number of anilines is 1. The Hall–Kier alpha value is -3.07. The Balaban J connectivity index is 1.98. The average molecular weight is 347 g/mol. The molecule has 1 aromatic heterocycles. The molecule has 0 spiro atoms. The van der Waals surface area contributed by atoms with Crippen molar-refractivity contribution in [2.24, 2.45) is 0 Å². The molecule has 0 atom stereocenters. The third kappa shape index (κ3) is 2.49. The molecule has 0 aliphatic carbocycles. The molecule has 130 valence electrons. The summed E-state index contributed by atoms with van der Waals surface area (Å²) in [6.07, 6.45) is 2.49. The number of rotatable bonds is 2. The highest BCUT2D eigenvalue weighted by Gasteiger charge is 2.27. The number of hydrogen-bond donors (Lipinski definition) is 2. The lowest BCUT2D eigenvalue weighted by Gasteiger charge is -2.32. The molecule has 1 saturated heterocycles. The SMILES string of the molecule is O=C(O)Oc1cn2c3c(c(N4CCNCC4)c(F)cc3c1=O)OC=C2. The van der Waals surface area contributed by atoms with Crippen LogP contribution >= 0.6 is 0 Å². The zero-order chi connectivity index (χ0) is 17.6. The summed E-state index contributed by atoms with van der Waals surface area (Å²) in [5, 5.41) is 12.0. The number of benzene rings is 1. The fraction of sp³-hybridized carbons (Fsp3) is 0.250. The molecule has 4 rings (SSSR count). The van der Waals surface area contributed by atoms with Crippen molar-refractivity contribution in [3.05, 3.63) is 34.6 Å². The van der Waals surface area contributed by atoms with Crippen LogP contribution in [0.2, 0.25) is 0 Å². The van der Waals surface area contributed by atoms with Gasteiger partial charge in [0.1, 0.15) is 17.5 Å². The lowest BCUT2D eigenvalue weighted by Crippen LogP contribution is -2.44. The minimum atomic E-state index is -1.61. The van der Waals surface area contributed by atoms with Crippen molar-refractivity contribution in [1.82, 2.24) is 9.88 Å². The molecule has 8 nitrogen and oxygen atoms in total. The van der Waals surface area contributed by atoms with E-state index in [1.54, 1.807) is 0 Å². The molecule has 0 amide bonds. The number of carbonyl (C=O) groups is 1. The maximum absolute atomic E-state index is 14.8. The van der Waals surface area contributed by atoms with Crippen LogP contribution in [0.15, 0.2) is 23.3 Å². The van der Waals surface area contributed by atoms with Gasteiger partial charge in [-0.05, 0) is 6.07 Å². The molecule has 0 saturated carbocycles. The van der Waals surface area contributed by atoms with E-state index in [0.29, 0.717) is 37.4 Å². The summed E-state index contributed by atoms with van der Waals surface area (Å²) in [4.78, 5) is 25.1. The number of piperazine rings is 1. The lowest BCUT2D eigenvalue weighted by molar-refractivity contribution is 0.144. The third-order valence-electron chi connectivity index (χ3n) is 4.20. The van der Waals surface area contributed by atoms with E-state index in [1.165, 1.54) is 23.2 Å². The van der Waals surface area contributed by atoms with Crippen molar-refractivity contribution in [3.63, 3.8) is 0 Å². The van der Waals surface area contributed by atoms with Gasteiger partial charge in [-0.3, -0.25) is 4.79 Å². The number of aromatic nitrogens is 1. The fourth-order valence-corrected chi connectivity index (χ4v) is 3.16. The summed E-state index contributed by atoms with van der Waals surface area (Å²) in [6.45, 7) is 2.63. The van der Waals surface area contributed by atoms with Gasteiger partial charge in [-0.2, -0.15) is 0 Å². The van der Waals surface area contributed by atoms with Gasteiger partial charge < -0.3 is 29.4 Å². The first-order chi connectivity index (χ1) is 12.1. The van der Waals surface area contributed by atoms with Gasteiger partial charge in [0.15, 0.2) is 17.3 Å². The van der Waals surface area contributed by atoms with Crippen LogP contribution in [0.5, 0.6) is 11.5 Å². The molecule has 9 heteroatoms. The van der Waals surface area contributed by atoms with Gasteiger partial charge in [0.05, 0.1) is 11.6 Å². The maximum Gasteiger partial charge on any atom is 0.511 e. The number of ether oxygens (including phenoxy) is 2. The first-order valence-electron chi connectivity index (χ1n) is 7.67. The smallest absolute Gasteiger partial charge is 0.459 e. The van der Waals surface area contributed by atoms with Crippen LogP contribution in [0.3, 0.4) is 0 Å². The molecule has 2 aliphatic rings. The summed E-state index contributed by atoms with van der Waals surface area (Å²) < 4.78 is 26.4. The second kappa shape index (κ2) is 5.78. The quantitative estimate of drug-likeness (QED) is 0.794. The standard InChI is InChI=1S/C16H14FN3O5/c17-10-7-9-12-15(13(10)19-3-1-18-2-4-19)24-6-5-20(12)8-11(14(9)21)25-16(22)23/h5-8,18H,1-4H2,(H,22,23). The van der Waals surface area contributed by atoms with Crippen molar-refractivity contribution < 1.29 is 23.8 Å². The van der Waals surface area contributed by atoms with Crippen LogP contribution in [0, 0.1) is 5.82 Å². The molecular weight excluding hydrogens is 333 g/mol. The summed E-state index contributed by atoms with van der Waals surface area (Å²) >= 11 is 0. The Labute approximate surface area is 140 Å². The average Bonchev–Trinajstić information content (AvgIpc) is 2.59. The van der Waals surface area contributed by atoms with Crippen molar-refractivity contribution >= 4 is 28.9 Å². The summed E-state index contributed by atoms with van der Waals surface area (Å²) in [7, 11) is 0. The predicted octanol–water partition coefficient (Wildman–Crippen LogP) is 1.43. The topological polar surface area (TPSA) is 93.0 Å². The van der Waals surface area contributed by atoms with Crippen molar-refractivity contribution in [3.8, 4) is 11.5 Å². The second-order valence-corrected chi connectivity index (χ2v) is 5.67. The normalized spacial score (nSPS) is 16.0. The molecular formula is C16H14FN3O5. The molecule has 1 aromatic carbocycles. The van der Waals surface area contributed by atoms with E-state index in [0.717, 1.165) is 6.07 Å². The molecule has 25 heavy (non-hydrogen) atoms. The van der Waals surface area contributed by atoms with Gasteiger partial charge in [-0.25, -0.2) is 9.18 Å². The number of pyridine rings is 1. The predicted molar refractivity (Wildman–Crippen MR) is 87.9 cm³/mol. The van der Waals surface area contributed by atoms with Gasteiger partial charge in [-0.1, -0.05) is 0 Å². The number of carboxylic acid groups (broad SMARTS) is 1. The number of nitrogens with one attached hydrogen (secondary N) is 1. The minimum absolute atomic E-state index is 0.00511. The highest BCUT2D eigenvalue weighted by atomic mass is 19.1. The van der Waals surface area contributed by atoms with Crippen molar-refractivity contribution in [2.45, 2.75) is 0 Å². The molecule has 0 bridgehead atoms. The molecule has 1 fully saturated rings. The number of nitrogens with zero attached hydrogens (tertiary/aromatic N) is 2. The number of halogens is 1.